The zero-order chi connectivity index (χ0) is 12.1. The number of carbonyl (C=O) groups is 1. The minimum absolute atomic E-state index is 0.0142. The highest BCUT2D eigenvalue weighted by molar-refractivity contribution is 5.96. The number of carbonyl (C=O) groups excluding carboxylic acids is 1. The summed E-state index contributed by atoms with van der Waals surface area (Å²) in [6, 6.07) is 0. The molecule has 0 aromatic carbocycles. The summed E-state index contributed by atoms with van der Waals surface area (Å²) in [6.07, 6.45) is 0.607. The summed E-state index contributed by atoms with van der Waals surface area (Å²) in [4.78, 5) is 13.9. The van der Waals surface area contributed by atoms with Crippen LogP contribution in [0.3, 0.4) is 0 Å². The van der Waals surface area contributed by atoms with Crippen molar-refractivity contribution in [3.63, 3.8) is 0 Å². The number of aliphatic hydroxyl groups is 1. The molecule has 0 atom stereocenters. The highest BCUT2D eigenvalue weighted by Crippen LogP contribution is 2.12. The molecule has 5 nitrogen and oxygen atoms in total. The molecule has 0 bridgehead atoms. The summed E-state index contributed by atoms with van der Waals surface area (Å²) in [7, 11) is 0. The van der Waals surface area contributed by atoms with Crippen LogP contribution in [0.4, 0.5) is 0 Å². The van der Waals surface area contributed by atoms with E-state index in [0.29, 0.717) is 25.1 Å². The van der Waals surface area contributed by atoms with Crippen LogP contribution < -0.4 is 0 Å². The molecular formula is C11H19N3O2. The van der Waals surface area contributed by atoms with E-state index < -0.39 is 0 Å². The molecule has 5 heteroatoms. The Bertz CT molecular complexity index is 341. The second kappa shape index (κ2) is 5.65. The molecule has 0 radical (unpaired) electrons. The van der Waals surface area contributed by atoms with E-state index in [1.807, 2.05) is 20.8 Å². The van der Waals surface area contributed by atoms with E-state index in [0.717, 1.165) is 11.4 Å². The average molecular weight is 225 g/mol. The number of hydrogen-bond donors (Lipinski definition) is 2. The van der Waals surface area contributed by atoms with Gasteiger partial charge in [-0.3, -0.25) is 9.89 Å². The molecule has 0 saturated carbocycles. The van der Waals surface area contributed by atoms with Gasteiger partial charge < -0.3 is 10.0 Å². The lowest BCUT2D eigenvalue weighted by molar-refractivity contribution is 0.0753. The van der Waals surface area contributed by atoms with Crippen molar-refractivity contribution in [2.24, 2.45) is 0 Å². The Morgan fingerprint density at radius 2 is 2.19 bits per heavy atom. The molecule has 16 heavy (non-hydrogen) atoms. The van der Waals surface area contributed by atoms with Crippen LogP contribution in [0, 0.1) is 13.8 Å². The van der Waals surface area contributed by atoms with Crippen molar-refractivity contribution in [1.29, 1.82) is 0 Å². The maximum absolute atomic E-state index is 12.2. The van der Waals surface area contributed by atoms with E-state index in [1.54, 1.807) is 4.90 Å². The van der Waals surface area contributed by atoms with E-state index in [-0.39, 0.29) is 12.5 Å². The molecule has 2 N–H and O–H groups in total. The first kappa shape index (κ1) is 12.7. The van der Waals surface area contributed by atoms with Crippen molar-refractivity contribution in [1.82, 2.24) is 15.1 Å². The summed E-state index contributed by atoms with van der Waals surface area (Å²) >= 11 is 0. The number of nitrogens with zero attached hydrogens (tertiary/aromatic N) is 2. The van der Waals surface area contributed by atoms with E-state index in [1.165, 1.54) is 0 Å². The van der Waals surface area contributed by atoms with Crippen molar-refractivity contribution in [3.05, 3.63) is 17.0 Å². The third kappa shape index (κ3) is 2.61. The number of hydrogen-bond acceptors (Lipinski definition) is 3. The van der Waals surface area contributed by atoms with Gasteiger partial charge in [-0.05, 0) is 27.2 Å². The van der Waals surface area contributed by atoms with E-state index in [4.69, 9.17) is 5.11 Å². The summed E-state index contributed by atoms with van der Waals surface area (Å²) in [5, 5.41) is 15.6. The first-order chi connectivity index (χ1) is 7.61. The molecule has 0 aliphatic heterocycles. The number of nitrogens with one attached hydrogen (secondary N) is 1. The normalized spacial score (nSPS) is 10.5. The van der Waals surface area contributed by atoms with Gasteiger partial charge >= 0.3 is 0 Å². The van der Waals surface area contributed by atoms with Gasteiger partial charge in [-0.1, -0.05) is 0 Å². The van der Waals surface area contributed by atoms with Crippen molar-refractivity contribution in [3.8, 4) is 0 Å². The zero-order valence-electron chi connectivity index (χ0n) is 10.1. The number of H-pyrrole nitrogens is 1. The third-order valence-electron chi connectivity index (χ3n) is 2.60. The summed E-state index contributed by atoms with van der Waals surface area (Å²) in [6.45, 7) is 6.91. The maximum atomic E-state index is 12.2. The molecule has 1 amide bonds. The quantitative estimate of drug-likeness (QED) is 0.781. The maximum Gasteiger partial charge on any atom is 0.257 e. The number of aromatic amines is 1. The highest BCUT2D eigenvalue weighted by Gasteiger charge is 2.20. The van der Waals surface area contributed by atoms with Crippen molar-refractivity contribution in [2.45, 2.75) is 27.2 Å². The van der Waals surface area contributed by atoms with Crippen LogP contribution in [0.15, 0.2) is 0 Å². The van der Waals surface area contributed by atoms with Crippen LogP contribution in [0.5, 0.6) is 0 Å². The highest BCUT2D eigenvalue weighted by atomic mass is 16.3. The monoisotopic (exact) mass is 225 g/mol. The van der Waals surface area contributed by atoms with Gasteiger partial charge in [-0.15, -0.1) is 0 Å². The summed E-state index contributed by atoms with van der Waals surface area (Å²) in [5.41, 5.74) is 2.18. The largest absolute Gasteiger partial charge is 0.396 e. The fraction of sp³-hybridized carbons (Fsp3) is 0.636. The third-order valence-corrected chi connectivity index (χ3v) is 2.60. The minimum Gasteiger partial charge on any atom is -0.396 e. The Hall–Kier alpha value is -1.36. The minimum atomic E-state index is -0.0142. The lowest BCUT2D eigenvalue weighted by Gasteiger charge is -2.20. The number of amides is 1. The standard InChI is InChI=1S/C11H19N3O2/c1-4-14(6-5-7-15)11(16)10-8(2)12-13-9(10)3/h15H,4-7H2,1-3H3,(H,12,13). The lowest BCUT2D eigenvalue weighted by atomic mass is 10.1. The summed E-state index contributed by atoms with van der Waals surface area (Å²) in [5.74, 6) is -0.0142. The molecule has 0 unspecified atom stereocenters. The van der Waals surface area contributed by atoms with Crippen LogP contribution in [-0.2, 0) is 0 Å². The number of rotatable bonds is 5. The van der Waals surface area contributed by atoms with Crippen LogP contribution in [-0.4, -0.2) is 45.8 Å². The topological polar surface area (TPSA) is 69.2 Å². The number of aryl methyl sites for hydroxylation is 2. The molecular weight excluding hydrogens is 206 g/mol. The molecule has 90 valence electrons. The molecule has 1 heterocycles. The van der Waals surface area contributed by atoms with Gasteiger partial charge in [-0.2, -0.15) is 5.10 Å². The molecule has 0 aliphatic carbocycles. The van der Waals surface area contributed by atoms with Gasteiger partial charge in [-0.25, -0.2) is 0 Å². The Kier molecular flexibility index (Phi) is 4.49. The van der Waals surface area contributed by atoms with Crippen LogP contribution >= 0.6 is 0 Å². The van der Waals surface area contributed by atoms with Crippen molar-refractivity contribution >= 4 is 5.91 Å². The molecule has 1 rings (SSSR count). The smallest absolute Gasteiger partial charge is 0.257 e. The Morgan fingerprint density at radius 1 is 1.50 bits per heavy atom. The summed E-state index contributed by atoms with van der Waals surface area (Å²) < 4.78 is 0. The van der Waals surface area contributed by atoms with Gasteiger partial charge in [0.2, 0.25) is 0 Å². The molecule has 0 aliphatic rings. The van der Waals surface area contributed by atoms with Crippen LogP contribution in [0.25, 0.3) is 0 Å². The Morgan fingerprint density at radius 3 is 2.62 bits per heavy atom. The fourth-order valence-corrected chi connectivity index (χ4v) is 1.69. The van der Waals surface area contributed by atoms with Gasteiger partial charge in [0.15, 0.2) is 0 Å². The molecule has 1 aromatic heterocycles. The lowest BCUT2D eigenvalue weighted by Crippen LogP contribution is -2.32. The second-order valence-corrected chi connectivity index (χ2v) is 3.77. The van der Waals surface area contributed by atoms with Gasteiger partial charge in [0, 0.05) is 25.4 Å². The zero-order valence-corrected chi connectivity index (χ0v) is 10.1. The SMILES string of the molecule is CCN(CCCO)C(=O)c1c(C)n[nH]c1C. The Labute approximate surface area is 95.5 Å². The predicted molar refractivity (Wildman–Crippen MR) is 61.3 cm³/mol. The van der Waals surface area contributed by atoms with E-state index in [2.05, 4.69) is 10.2 Å². The second-order valence-electron chi connectivity index (χ2n) is 3.77. The van der Waals surface area contributed by atoms with Crippen molar-refractivity contribution in [2.75, 3.05) is 19.7 Å². The van der Waals surface area contributed by atoms with E-state index >= 15 is 0 Å². The molecule has 0 saturated heterocycles. The van der Waals surface area contributed by atoms with Gasteiger partial charge in [0.25, 0.3) is 5.91 Å². The average Bonchev–Trinajstić information content (AvgIpc) is 2.59. The van der Waals surface area contributed by atoms with E-state index in [9.17, 15) is 4.79 Å². The molecule has 0 fully saturated rings. The van der Waals surface area contributed by atoms with Gasteiger partial charge in [0.05, 0.1) is 11.3 Å². The number of aliphatic hydroxyl groups excluding tert-OH is 1. The fourth-order valence-electron chi connectivity index (χ4n) is 1.69. The first-order valence-electron chi connectivity index (χ1n) is 5.53. The first-order valence-corrected chi connectivity index (χ1v) is 5.53. The predicted octanol–water partition coefficient (Wildman–Crippen LogP) is 0.871. The van der Waals surface area contributed by atoms with Crippen molar-refractivity contribution < 1.29 is 9.90 Å². The molecule has 0 spiro atoms. The van der Waals surface area contributed by atoms with Crippen LogP contribution in [0.1, 0.15) is 35.1 Å². The van der Waals surface area contributed by atoms with Gasteiger partial charge in [0.1, 0.15) is 0 Å². The van der Waals surface area contributed by atoms with Crippen LogP contribution in [0.2, 0.25) is 0 Å². The Balaban J connectivity index is 2.82. The number of aromatic nitrogens is 2. The molecule has 1 aromatic rings.